The van der Waals surface area contributed by atoms with Crippen LogP contribution >= 0.6 is 11.3 Å². The molecule has 2 unspecified atom stereocenters. The van der Waals surface area contributed by atoms with Crippen molar-refractivity contribution in [2.24, 2.45) is 17.3 Å². The first-order chi connectivity index (χ1) is 13.8. The number of carbonyl (C=O) groups is 2. The van der Waals surface area contributed by atoms with Gasteiger partial charge in [0.25, 0.3) is 0 Å². The van der Waals surface area contributed by atoms with E-state index in [1.165, 1.54) is 16.2 Å². The highest BCUT2D eigenvalue weighted by molar-refractivity contribution is 7.90. The second kappa shape index (κ2) is 6.99. The number of Topliss-reactive ketones (excluding diaryl/α,β-unsaturated/α-hetero) is 1. The predicted octanol–water partition coefficient (Wildman–Crippen LogP) is 3.62. The van der Waals surface area contributed by atoms with Crippen molar-refractivity contribution >= 4 is 38.1 Å². The molecule has 2 atom stereocenters. The van der Waals surface area contributed by atoms with Crippen LogP contribution in [0.2, 0.25) is 0 Å². The van der Waals surface area contributed by atoms with Gasteiger partial charge in [-0.1, -0.05) is 0 Å². The number of thiophene rings is 1. The Kier molecular flexibility index (Phi) is 5.06. The number of alkyl halides is 4. The lowest BCUT2D eigenvalue weighted by Crippen LogP contribution is -2.57. The summed E-state index contributed by atoms with van der Waals surface area (Å²) in [6, 6.07) is 1.31. The third kappa shape index (κ3) is 3.77. The quantitative estimate of drug-likeness (QED) is 0.493. The second-order valence-corrected chi connectivity index (χ2v) is 11.4. The highest BCUT2D eigenvalue weighted by Gasteiger charge is 2.61. The Hall–Kier alpha value is -1.53. The maximum atomic E-state index is 15.1. The van der Waals surface area contributed by atoms with Crippen molar-refractivity contribution in [3.8, 4) is 0 Å². The van der Waals surface area contributed by atoms with Gasteiger partial charge in [0.2, 0.25) is 5.91 Å². The lowest BCUT2D eigenvalue weighted by atomic mass is 9.48. The summed E-state index contributed by atoms with van der Waals surface area (Å²) in [5.74, 6) is -0.982. The molecule has 4 bridgehead atoms. The van der Waals surface area contributed by atoms with E-state index in [1.807, 2.05) is 0 Å². The van der Waals surface area contributed by atoms with Crippen LogP contribution in [0.1, 0.15) is 48.9 Å². The first kappa shape index (κ1) is 21.7. The molecule has 0 aliphatic heterocycles. The Bertz CT molecular complexity index is 975. The molecule has 4 aliphatic rings. The maximum absolute atomic E-state index is 15.1. The molecule has 1 amide bonds. The van der Waals surface area contributed by atoms with Crippen molar-refractivity contribution in [2.45, 2.75) is 49.7 Å². The molecule has 1 aromatic heterocycles. The minimum Gasteiger partial charge on any atom is -0.317 e. The molecule has 0 saturated heterocycles. The Labute approximate surface area is 174 Å². The lowest BCUT2D eigenvalue weighted by molar-refractivity contribution is -0.155. The third-order valence-electron chi connectivity index (χ3n) is 6.39. The van der Waals surface area contributed by atoms with Crippen LogP contribution < -0.4 is 10.0 Å². The Morgan fingerprint density at radius 1 is 1.17 bits per heavy atom. The molecule has 166 valence electrons. The summed E-state index contributed by atoms with van der Waals surface area (Å²) in [6.45, 7) is -1.09. The van der Waals surface area contributed by atoms with E-state index in [-0.39, 0.29) is 34.7 Å². The van der Waals surface area contributed by atoms with Crippen LogP contribution in [-0.2, 0) is 14.8 Å². The summed E-state index contributed by atoms with van der Waals surface area (Å²) in [4.78, 5) is 25.4. The number of anilines is 1. The molecular formula is C18H20F4N2O4S2. The van der Waals surface area contributed by atoms with Crippen molar-refractivity contribution in [1.82, 2.24) is 4.72 Å². The van der Waals surface area contributed by atoms with Crippen LogP contribution in [0.4, 0.5) is 22.6 Å². The molecule has 1 aromatic rings. The maximum Gasteiger partial charge on any atom is 0.511 e. The lowest BCUT2D eigenvalue weighted by Gasteiger charge is -2.58. The van der Waals surface area contributed by atoms with Crippen molar-refractivity contribution < 1.29 is 35.6 Å². The normalized spacial score (nSPS) is 32.9. The van der Waals surface area contributed by atoms with Crippen molar-refractivity contribution in [1.29, 1.82) is 0 Å². The molecule has 0 aromatic carbocycles. The van der Waals surface area contributed by atoms with E-state index in [0.717, 1.165) is 17.8 Å². The van der Waals surface area contributed by atoms with E-state index >= 15 is 4.39 Å². The van der Waals surface area contributed by atoms with E-state index in [4.69, 9.17) is 0 Å². The predicted molar refractivity (Wildman–Crippen MR) is 101 cm³/mol. The van der Waals surface area contributed by atoms with Crippen molar-refractivity contribution in [2.75, 3.05) is 11.9 Å². The molecule has 5 rings (SSSR count). The van der Waals surface area contributed by atoms with E-state index < -0.39 is 38.9 Å². The molecule has 30 heavy (non-hydrogen) atoms. The van der Waals surface area contributed by atoms with Gasteiger partial charge in [0.05, 0.1) is 17.5 Å². The zero-order valence-corrected chi connectivity index (χ0v) is 17.4. The van der Waals surface area contributed by atoms with Crippen LogP contribution in [0, 0.1) is 17.3 Å². The van der Waals surface area contributed by atoms with E-state index in [9.17, 15) is 31.2 Å². The average Bonchev–Trinajstić information content (AvgIpc) is 3.04. The van der Waals surface area contributed by atoms with Crippen LogP contribution in [0.15, 0.2) is 11.4 Å². The number of carbonyl (C=O) groups excluding carboxylic acids is 2. The number of sulfonamides is 1. The number of hydrogen-bond donors (Lipinski definition) is 2. The molecular weight excluding hydrogens is 448 g/mol. The summed E-state index contributed by atoms with van der Waals surface area (Å²) in [5, 5.41) is 4.26. The first-order valence-corrected chi connectivity index (χ1v) is 11.9. The summed E-state index contributed by atoms with van der Waals surface area (Å²) in [7, 11) is -5.65. The van der Waals surface area contributed by atoms with Crippen LogP contribution in [0.25, 0.3) is 0 Å². The Morgan fingerprint density at radius 2 is 1.80 bits per heavy atom. The van der Waals surface area contributed by atoms with Gasteiger partial charge in [0.1, 0.15) is 10.7 Å². The summed E-state index contributed by atoms with van der Waals surface area (Å²) in [5.41, 5.74) is -7.80. The molecule has 4 fully saturated rings. The molecule has 4 saturated carbocycles. The zero-order valence-electron chi connectivity index (χ0n) is 15.7. The van der Waals surface area contributed by atoms with Gasteiger partial charge in [-0.2, -0.15) is 17.9 Å². The number of nitrogens with one attached hydrogen (secondary N) is 2. The number of amides is 1. The minimum atomic E-state index is -5.65. The topological polar surface area (TPSA) is 92.3 Å². The highest BCUT2D eigenvalue weighted by Crippen LogP contribution is 2.63. The van der Waals surface area contributed by atoms with Gasteiger partial charge in [-0.25, -0.2) is 12.8 Å². The van der Waals surface area contributed by atoms with Crippen LogP contribution in [0.5, 0.6) is 0 Å². The standard InChI is InChI=1S/C18H20F4N2O4S2/c19-17-6-10-3-11(7-17)5-16(4-10,9-17)15(26)24-14-12(1-2-29-14)13(25)8-23-30(27,28)18(20,21)22/h1-2,10-11,23H,3-9H2,(H,24,26). The average molecular weight is 468 g/mol. The number of hydrogen-bond acceptors (Lipinski definition) is 5. The number of ketones is 1. The van der Waals surface area contributed by atoms with Crippen molar-refractivity contribution in [3.05, 3.63) is 17.0 Å². The summed E-state index contributed by atoms with van der Waals surface area (Å²) in [6.07, 6.45) is 3.17. The summed E-state index contributed by atoms with van der Waals surface area (Å²) < 4.78 is 75.8. The van der Waals surface area contributed by atoms with Gasteiger partial charge in [-0.15, -0.1) is 11.3 Å². The molecule has 12 heteroatoms. The van der Waals surface area contributed by atoms with E-state index in [1.54, 1.807) is 0 Å². The fourth-order valence-corrected chi connectivity index (χ4v) is 6.90. The number of halogens is 4. The van der Waals surface area contributed by atoms with Gasteiger partial charge in [-0.3, -0.25) is 9.59 Å². The molecule has 0 spiro atoms. The van der Waals surface area contributed by atoms with E-state index in [2.05, 4.69) is 5.32 Å². The van der Waals surface area contributed by atoms with Gasteiger partial charge < -0.3 is 5.32 Å². The van der Waals surface area contributed by atoms with Gasteiger partial charge in [0, 0.05) is 0 Å². The fourth-order valence-electron chi connectivity index (χ4n) is 5.62. The highest BCUT2D eigenvalue weighted by atomic mass is 32.2. The Morgan fingerprint density at radius 3 is 2.37 bits per heavy atom. The smallest absolute Gasteiger partial charge is 0.317 e. The largest absolute Gasteiger partial charge is 0.511 e. The molecule has 1 heterocycles. The van der Waals surface area contributed by atoms with E-state index in [0.29, 0.717) is 25.7 Å². The molecule has 6 nitrogen and oxygen atoms in total. The third-order valence-corrected chi connectivity index (χ3v) is 8.36. The molecule has 2 N–H and O–H groups in total. The van der Waals surface area contributed by atoms with Crippen LogP contribution in [0.3, 0.4) is 0 Å². The monoisotopic (exact) mass is 468 g/mol. The van der Waals surface area contributed by atoms with Crippen molar-refractivity contribution in [3.63, 3.8) is 0 Å². The molecule has 4 aliphatic carbocycles. The SMILES string of the molecule is O=C(CNS(=O)(=O)C(F)(F)F)c1ccsc1NC(=O)C12CC3CC(CC(F)(C3)C1)C2. The minimum absolute atomic E-state index is 0.0853. The van der Waals surface area contributed by atoms with Gasteiger partial charge in [-0.05, 0) is 61.8 Å². The zero-order chi connectivity index (χ0) is 21.9. The molecule has 0 radical (unpaired) electrons. The van der Waals surface area contributed by atoms with Gasteiger partial charge in [0.15, 0.2) is 5.78 Å². The fraction of sp³-hybridized carbons (Fsp3) is 0.667. The Balaban J connectivity index is 1.47. The first-order valence-electron chi connectivity index (χ1n) is 9.50. The summed E-state index contributed by atoms with van der Waals surface area (Å²) >= 11 is 1.00. The van der Waals surface area contributed by atoms with Gasteiger partial charge >= 0.3 is 15.5 Å². The van der Waals surface area contributed by atoms with Crippen LogP contribution in [-0.4, -0.2) is 37.8 Å². The number of rotatable bonds is 6. The second-order valence-electron chi connectivity index (χ2n) is 8.70.